The summed E-state index contributed by atoms with van der Waals surface area (Å²) in [6.45, 7) is 8.05. The first-order chi connectivity index (χ1) is 10.1. The second-order valence-electron chi connectivity index (χ2n) is 5.01. The molecule has 0 spiro atoms. The van der Waals surface area contributed by atoms with Crippen molar-refractivity contribution in [3.05, 3.63) is 71.8 Å². The maximum Gasteiger partial charge on any atom is 0.256 e. The largest absolute Gasteiger partial charge is 0.487 e. The maximum absolute atomic E-state index is 12.3. The third-order valence-electron chi connectivity index (χ3n) is 3.00. The summed E-state index contributed by atoms with van der Waals surface area (Å²) in [7, 11) is 0. The Labute approximate surface area is 125 Å². The average molecular weight is 281 g/mol. The topological polar surface area (TPSA) is 38.3 Å². The molecular formula is C18H19NO2. The van der Waals surface area contributed by atoms with Gasteiger partial charge >= 0.3 is 0 Å². The molecular weight excluding hydrogens is 262 g/mol. The Balaban J connectivity index is 2.18. The molecule has 2 aromatic rings. The van der Waals surface area contributed by atoms with Gasteiger partial charge < -0.3 is 10.1 Å². The van der Waals surface area contributed by atoms with Gasteiger partial charge in [0.15, 0.2) is 0 Å². The van der Waals surface area contributed by atoms with Crippen molar-refractivity contribution in [2.24, 2.45) is 0 Å². The van der Waals surface area contributed by atoms with Crippen molar-refractivity contribution in [3.63, 3.8) is 0 Å². The van der Waals surface area contributed by atoms with Gasteiger partial charge in [-0.15, -0.1) is 0 Å². The van der Waals surface area contributed by atoms with Crippen molar-refractivity contribution >= 4 is 11.6 Å². The third kappa shape index (κ3) is 3.96. The van der Waals surface area contributed by atoms with Crippen LogP contribution < -0.4 is 10.1 Å². The molecule has 0 aromatic heterocycles. The summed E-state index contributed by atoms with van der Waals surface area (Å²) < 4.78 is 5.65. The number of amides is 1. The molecule has 1 amide bonds. The highest BCUT2D eigenvalue weighted by molar-refractivity contribution is 6.05. The Morgan fingerprint density at radius 2 is 1.81 bits per heavy atom. The zero-order valence-corrected chi connectivity index (χ0v) is 12.3. The lowest BCUT2D eigenvalue weighted by Crippen LogP contribution is -2.14. The van der Waals surface area contributed by atoms with Crippen molar-refractivity contribution in [3.8, 4) is 5.75 Å². The Morgan fingerprint density at radius 3 is 2.52 bits per heavy atom. The minimum Gasteiger partial charge on any atom is -0.487 e. The highest BCUT2D eigenvalue weighted by Gasteiger charge is 2.11. The summed E-state index contributed by atoms with van der Waals surface area (Å²) in [5, 5.41) is 2.90. The molecule has 0 saturated heterocycles. The van der Waals surface area contributed by atoms with E-state index >= 15 is 0 Å². The van der Waals surface area contributed by atoms with E-state index in [1.54, 1.807) is 0 Å². The van der Waals surface area contributed by atoms with Gasteiger partial charge in [-0.05, 0) is 43.2 Å². The number of hydrogen-bond donors (Lipinski definition) is 1. The molecule has 0 aliphatic carbocycles. The van der Waals surface area contributed by atoms with Gasteiger partial charge in [0, 0.05) is 5.56 Å². The molecule has 0 fully saturated rings. The molecule has 3 heteroatoms. The van der Waals surface area contributed by atoms with Crippen LogP contribution in [-0.2, 0) is 0 Å². The van der Waals surface area contributed by atoms with Crippen molar-refractivity contribution in [1.82, 2.24) is 0 Å². The molecule has 1 N–H and O–H groups in total. The first kappa shape index (κ1) is 14.9. The minimum atomic E-state index is -0.139. The van der Waals surface area contributed by atoms with Gasteiger partial charge in [-0.3, -0.25) is 4.79 Å². The number of anilines is 1. The fourth-order valence-corrected chi connectivity index (χ4v) is 1.91. The van der Waals surface area contributed by atoms with Crippen LogP contribution >= 0.6 is 0 Å². The van der Waals surface area contributed by atoms with Crippen LogP contribution in [0.3, 0.4) is 0 Å². The first-order valence-electron chi connectivity index (χ1n) is 6.81. The number of hydrogen-bond acceptors (Lipinski definition) is 2. The molecule has 0 unspecified atom stereocenters. The van der Waals surface area contributed by atoms with Crippen molar-refractivity contribution in [1.29, 1.82) is 0 Å². The second-order valence-corrected chi connectivity index (χ2v) is 5.01. The average Bonchev–Trinajstić information content (AvgIpc) is 2.46. The molecule has 0 atom stereocenters. The number of para-hydroxylation sites is 2. The highest BCUT2D eigenvalue weighted by atomic mass is 16.5. The van der Waals surface area contributed by atoms with E-state index in [0.717, 1.165) is 11.1 Å². The molecule has 2 rings (SSSR count). The number of ether oxygens (including phenoxy) is 1. The zero-order chi connectivity index (χ0) is 15.2. The molecule has 0 aliphatic rings. The molecule has 108 valence electrons. The quantitative estimate of drug-likeness (QED) is 0.834. The minimum absolute atomic E-state index is 0.139. The Hall–Kier alpha value is -2.55. The summed E-state index contributed by atoms with van der Waals surface area (Å²) in [4.78, 5) is 12.3. The van der Waals surface area contributed by atoms with Crippen LogP contribution in [-0.4, -0.2) is 12.5 Å². The van der Waals surface area contributed by atoms with E-state index in [0.29, 0.717) is 23.6 Å². The van der Waals surface area contributed by atoms with E-state index in [1.165, 1.54) is 0 Å². The summed E-state index contributed by atoms with van der Waals surface area (Å²) in [5.41, 5.74) is 3.18. The monoisotopic (exact) mass is 281 g/mol. The van der Waals surface area contributed by atoms with Gasteiger partial charge in [0.2, 0.25) is 0 Å². The van der Waals surface area contributed by atoms with Gasteiger partial charge in [-0.25, -0.2) is 0 Å². The Kier molecular flexibility index (Phi) is 4.77. The van der Waals surface area contributed by atoms with Crippen LogP contribution in [0.25, 0.3) is 0 Å². The predicted octanol–water partition coefficient (Wildman–Crippen LogP) is 4.20. The van der Waals surface area contributed by atoms with E-state index < -0.39 is 0 Å². The third-order valence-corrected chi connectivity index (χ3v) is 3.00. The van der Waals surface area contributed by atoms with Gasteiger partial charge in [-0.1, -0.05) is 36.9 Å². The maximum atomic E-state index is 12.3. The number of carbonyl (C=O) groups excluding carboxylic acids is 1. The van der Waals surface area contributed by atoms with Crippen molar-refractivity contribution in [2.75, 3.05) is 11.9 Å². The number of benzene rings is 2. The second kappa shape index (κ2) is 6.75. The fourth-order valence-electron chi connectivity index (χ4n) is 1.91. The van der Waals surface area contributed by atoms with Gasteiger partial charge in [0.1, 0.15) is 12.4 Å². The lowest BCUT2D eigenvalue weighted by molar-refractivity contribution is 0.102. The molecule has 0 radical (unpaired) electrons. The van der Waals surface area contributed by atoms with E-state index in [-0.39, 0.29) is 5.91 Å². The molecule has 21 heavy (non-hydrogen) atoms. The van der Waals surface area contributed by atoms with Gasteiger partial charge in [-0.2, -0.15) is 0 Å². The summed E-state index contributed by atoms with van der Waals surface area (Å²) in [6.07, 6.45) is 0. The molecule has 2 aromatic carbocycles. The van der Waals surface area contributed by atoms with E-state index in [4.69, 9.17) is 4.74 Å². The van der Waals surface area contributed by atoms with Crippen LogP contribution in [0.15, 0.2) is 60.7 Å². The lowest BCUT2D eigenvalue weighted by Gasteiger charge is -2.13. The summed E-state index contributed by atoms with van der Waals surface area (Å²) in [6, 6.07) is 14.9. The zero-order valence-electron chi connectivity index (χ0n) is 12.3. The van der Waals surface area contributed by atoms with Crippen LogP contribution in [0.5, 0.6) is 5.75 Å². The predicted molar refractivity (Wildman–Crippen MR) is 85.9 cm³/mol. The SMILES string of the molecule is C=C(C)COc1ccccc1NC(=O)c1ccccc1C. The fraction of sp³-hybridized carbons (Fsp3) is 0.167. The van der Waals surface area contributed by atoms with Crippen LogP contribution in [0.2, 0.25) is 0 Å². The van der Waals surface area contributed by atoms with Crippen LogP contribution in [0, 0.1) is 6.92 Å². The van der Waals surface area contributed by atoms with Crippen molar-refractivity contribution < 1.29 is 9.53 Å². The number of nitrogens with one attached hydrogen (secondary N) is 1. The van der Waals surface area contributed by atoms with Gasteiger partial charge in [0.05, 0.1) is 5.69 Å². The Bertz CT molecular complexity index is 662. The normalized spacial score (nSPS) is 10.0. The van der Waals surface area contributed by atoms with Crippen molar-refractivity contribution in [2.45, 2.75) is 13.8 Å². The van der Waals surface area contributed by atoms with E-state index in [2.05, 4.69) is 11.9 Å². The van der Waals surface area contributed by atoms with E-state index in [9.17, 15) is 4.79 Å². The molecule has 0 aliphatic heterocycles. The molecule has 0 heterocycles. The smallest absolute Gasteiger partial charge is 0.256 e. The summed E-state index contributed by atoms with van der Waals surface area (Å²) in [5.74, 6) is 0.502. The van der Waals surface area contributed by atoms with Gasteiger partial charge in [0.25, 0.3) is 5.91 Å². The molecule has 0 bridgehead atoms. The van der Waals surface area contributed by atoms with Crippen LogP contribution in [0.4, 0.5) is 5.69 Å². The van der Waals surface area contributed by atoms with E-state index in [1.807, 2.05) is 62.4 Å². The number of aryl methyl sites for hydroxylation is 1. The number of rotatable bonds is 5. The van der Waals surface area contributed by atoms with Crippen LogP contribution in [0.1, 0.15) is 22.8 Å². The number of carbonyl (C=O) groups is 1. The lowest BCUT2D eigenvalue weighted by atomic mass is 10.1. The summed E-state index contributed by atoms with van der Waals surface area (Å²) >= 11 is 0. The first-order valence-corrected chi connectivity index (χ1v) is 6.81. The Morgan fingerprint density at radius 1 is 1.14 bits per heavy atom. The molecule has 0 saturated carbocycles. The highest BCUT2D eigenvalue weighted by Crippen LogP contribution is 2.25. The standard InChI is InChI=1S/C18H19NO2/c1-13(2)12-21-17-11-7-6-10-16(17)19-18(20)15-9-5-4-8-14(15)3/h4-11H,1,12H2,2-3H3,(H,19,20). The molecule has 3 nitrogen and oxygen atoms in total.